The summed E-state index contributed by atoms with van der Waals surface area (Å²) in [5.41, 5.74) is 2.41. The molecule has 5 heteroatoms. The Kier molecular flexibility index (Phi) is 4.11. The van der Waals surface area contributed by atoms with Gasteiger partial charge in [-0.15, -0.1) is 0 Å². The maximum Gasteiger partial charge on any atom is 0.339 e. The smallest absolute Gasteiger partial charge is 0.339 e. The molecule has 0 saturated carbocycles. The number of aryl methyl sites for hydroxylation is 2. The number of anilines is 1. The summed E-state index contributed by atoms with van der Waals surface area (Å²) in [6.45, 7) is 4.45. The molecule has 1 aromatic heterocycles. The summed E-state index contributed by atoms with van der Waals surface area (Å²) in [4.78, 5) is 15.5. The number of nitrogens with one attached hydrogen (secondary N) is 1. The van der Waals surface area contributed by atoms with Crippen LogP contribution in [-0.2, 0) is 0 Å². The summed E-state index contributed by atoms with van der Waals surface area (Å²) in [7, 11) is 0. The van der Waals surface area contributed by atoms with Crippen LogP contribution in [0.5, 0.6) is 0 Å². The Morgan fingerprint density at radius 2 is 2.39 bits per heavy atom. The van der Waals surface area contributed by atoms with Crippen molar-refractivity contribution in [2.45, 2.75) is 31.9 Å². The molecule has 0 aromatic carbocycles. The number of carbonyl (C=O) groups is 1. The third kappa shape index (κ3) is 2.96. The van der Waals surface area contributed by atoms with Gasteiger partial charge in [0.2, 0.25) is 0 Å². The molecular weight excluding hydrogens is 248 g/mol. The highest BCUT2D eigenvalue weighted by molar-refractivity contribution is 8.00. The van der Waals surface area contributed by atoms with Gasteiger partial charge in [-0.3, -0.25) is 4.98 Å². The molecular formula is C13H18N2O2S. The fourth-order valence-corrected chi connectivity index (χ4v) is 3.47. The van der Waals surface area contributed by atoms with Crippen molar-refractivity contribution in [3.8, 4) is 0 Å². The predicted molar refractivity (Wildman–Crippen MR) is 74.6 cm³/mol. The van der Waals surface area contributed by atoms with Crippen molar-refractivity contribution in [3.05, 3.63) is 23.0 Å². The first-order valence-corrected chi connectivity index (χ1v) is 7.20. The Bertz CT molecular complexity index is 457. The van der Waals surface area contributed by atoms with E-state index in [2.05, 4.69) is 10.3 Å². The number of hydrogen-bond donors (Lipinski definition) is 2. The molecule has 1 fully saturated rings. The van der Waals surface area contributed by atoms with E-state index in [-0.39, 0.29) is 0 Å². The molecule has 0 amide bonds. The van der Waals surface area contributed by atoms with Crippen molar-refractivity contribution in [1.29, 1.82) is 0 Å². The summed E-state index contributed by atoms with van der Waals surface area (Å²) >= 11 is 1.96. The maximum atomic E-state index is 11.3. The average Bonchev–Trinajstić information content (AvgIpc) is 2.77. The molecule has 2 heterocycles. The van der Waals surface area contributed by atoms with E-state index in [1.54, 1.807) is 6.92 Å². The molecule has 0 bridgehead atoms. The topological polar surface area (TPSA) is 62.2 Å². The number of aromatic carboxylic acids is 1. The number of hydrogen-bond acceptors (Lipinski definition) is 4. The van der Waals surface area contributed by atoms with Crippen LogP contribution in [0.25, 0.3) is 0 Å². The molecule has 1 unspecified atom stereocenters. The molecule has 0 radical (unpaired) electrons. The van der Waals surface area contributed by atoms with E-state index in [4.69, 9.17) is 0 Å². The van der Waals surface area contributed by atoms with E-state index < -0.39 is 5.97 Å². The van der Waals surface area contributed by atoms with Crippen LogP contribution in [0.2, 0.25) is 0 Å². The highest BCUT2D eigenvalue weighted by atomic mass is 32.2. The van der Waals surface area contributed by atoms with Crippen LogP contribution < -0.4 is 5.32 Å². The van der Waals surface area contributed by atoms with Crippen molar-refractivity contribution in [2.75, 3.05) is 17.6 Å². The number of thioether (sulfide) groups is 1. The number of aromatic nitrogens is 1. The highest BCUT2D eigenvalue weighted by Gasteiger charge is 2.18. The van der Waals surface area contributed by atoms with Crippen LogP contribution in [0.4, 0.5) is 5.69 Å². The third-order valence-electron chi connectivity index (χ3n) is 3.09. The van der Waals surface area contributed by atoms with Crippen LogP contribution in [0.3, 0.4) is 0 Å². The van der Waals surface area contributed by atoms with Crippen molar-refractivity contribution in [1.82, 2.24) is 4.98 Å². The van der Waals surface area contributed by atoms with Gasteiger partial charge in [-0.2, -0.15) is 11.8 Å². The van der Waals surface area contributed by atoms with Gasteiger partial charge in [-0.05, 0) is 38.5 Å². The minimum atomic E-state index is -0.915. The number of nitrogens with zero attached hydrogens (tertiary/aromatic N) is 1. The van der Waals surface area contributed by atoms with Crippen LogP contribution in [0.1, 0.15) is 34.6 Å². The van der Waals surface area contributed by atoms with Gasteiger partial charge < -0.3 is 10.4 Å². The maximum absolute atomic E-state index is 11.3. The zero-order valence-electron chi connectivity index (χ0n) is 10.7. The molecule has 0 aliphatic carbocycles. The average molecular weight is 266 g/mol. The Labute approximate surface area is 111 Å². The normalized spacial score (nSPS) is 18.9. The molecule has 1 aliphatic rings. The van der Waals surface area contributed by atoms with Crippen LogP contribution in [0, 0.1) is 13.8 Å². The Morgan fingerprint density at radius 1 is 1.61 bits per heavy atom. The molecule has 2 rings (SSSR count). The lowest BCUT2D eigenvalue weighted by molar-refractivity contribution is 0.0696. The number of rotatable bonds is 4. The van der Waals surface area contributed by atoms with E-state index in [0.29, 0.717) is 22.2 Å². The van der Waals surface area contributed by atoms with E-state index in [9.17, 15) is 9.90 Å². The fraction of sp³-hybridized carbons (Fsp3) is 0.538. The molecule has 1 atom stereocenters. The van der Waals surface area contributed by atoms with E-state index in [1.165, 1.54) is 18.6 Å². The van der Waals surface area contributed by atoms with Gasteiger partial charge in [-0.1, -0.05) is 0 Å². The largest absolute Gasteiger partial charge is 0.478 e. The monoisotopic (exact) mass is 266 g/mol. The molecule has 18 heavy (non-hydrogen) atoms. The van der Waals surface area contributed by atoms with Gasteiger partial charge in [-0.25, -0.2) is 4.79 Å². The lowest BCUT2D eigenvalue weighted by Gasteiger charge is -2.15. The first kappa shape index (κ1) is 13.2. The summed E-state index contributed by atoms with van der Waals surface area (Å²) in [5.74, 6) is 0.300. The first-order valence-electron chi connectivity index (χ1n) is 6.15. The van der Waals surface area contributed by atoms with Crippen LogP contribution in [-0.4, -0.2) is 33.6 Å². The Hall–Kier alpha value is -1.23. The zero-order valence-corrected chi connectivity index (χ0v) is 11.5. The van der Waals surface area contributed by atoms with Gasteiger partial charge in [0.05, 0.1) is 11.4 Å². The van der Waals surface area contributed by atoms with E-state index in [0.717, 1.165) is 12.2 Å². The lowest BCUT2D eigenvalue weighted by Crippen LogP contribution is -2.17. The second-order valence-electron chi connectivity index (χ2n) is 4.59. The molecule has 1 saturated heterocycles. The molecule has 1 aromatic rings. The summed E-state index contributed by atoms with van der Waals surface area (Å²) in [6.07, 6.45) is 2.47. The van der Waals surface area contributed by atoms with Crippen molar-refractivity contribution in [3.63, 3.8) is 0 Å². The van der Waals surface area contributed by atoms with Crippen molar-refractivity contribution < 1.29 is 9.90 Å². The first-order chi connectivity index (χ1) is 8.58. The summed E-state index contributed by atoms with van der Waals surface area (Å²) in [5, 5.41) is 13.1. The van der Waals surface area contributed by atoms with Gasteiger partial charge in [0.1, 0.15) is 5.56 Å². The van der Waals surface area contributed by atoms with E-state index >= 15 is 0 Å². The summed E-state index contributed by atoms with van der Waals surface area (Å²) in [6, 6.07) is 1.82. The van der Waals surface area contributed by atoms with Crippen LogP contribution >= 0.6 is 11.8 Å². The second kappa shape index (κ2) is 5.61. The van der Waals surface area contributed by atoms with Crippen LogP contribution in [0.15, 0.2) is 6.07 Å². The number of pyridine rings is 1. The SMILES string of the molecule is Cc1cc(NCC2CCCS2)c(C(=O)O)c(C)n1. The van der Waals surface area contributed by atoms with E-state index in [1.807, 2.05) is 24.8 Å². The van der Waals surface area contributed by atoms with Crippen molar-refractivity contribution in [2.24, 2.45) is 0 Å². The zero-order chi connectivity index (χ0) is 13.1. The molecule has 98 valence electrons. The lowest BCUT2D eigenvalue weighted by atomic mass is 10.1. The number of carboxylic acid groups (broad SMARTS) is 1. The molecule has 0 spiro atoms. The highest BCUT2D eigenvalue weighted by Crippen LogP contribution is 2.27. The predicted octanol–water partition coefficient (Wildman–Crippen LogP) is 2.70. The van der Waals surface area contributed by atoms with Gasteiger partial charge in [0, 0.05) is 17.5 Å². The molecule has 1 aliphatic heterocycles. The molecule has 4 nitrogen and oxygen atoms in total. The van der Waals surface area contributed by atoms with Gasteiger partial charge in [0.15, 0.2) is 0 Å². The fourth-order valence-electron chi connectivity index (χ4n) is 2.27. The Morgan fingerprint density at radius 3 is 3.00 bits per heavy atom. The second-order valence-corrected chi connectivity index (χ2v) is 6.00. The van der Waals surface area contributed by atoms with Gasteiger partial charge >= 0.3 is 5.97 Å². The minimum Gasteiger partial charge on any atom is -0.478 e. The standard InChI is InChI=1S/C13H18N2O2S/c1-8-6-11(12(13(16)17)9(2)15-8)14-7-10-4-3-5-18-10/h6,10H,3-5,7H2,1-2H3,(H,14,15)(H,16,17). The van der Waals surface area contributed by atoms with Crippen molar-refractivity contribution >= 4 is 23.4 Å². The molecule has 2 N–H and O–H groups in total. The minimum absolute atomic E-state index is 0.295. The summed E-state index contributed by atoms with van der Waals surface area (Å²) < 4.78 is 0. The van der Waals surface area contributed by atoms with Gasteiger partial charge in [0.25, 0.3) is 0 Å². The number of carboxylic acids is 1. The Balaban J connectivity index is 2.16. The third-order valence-corrected chi connectivity index (χ3v) is 4.48. The quantitative estimate of drug-likeness (QED) is 0.877.